The van der Waals surface area contributed by atoms with Gasteiger partial charge in [-0.15, -0.1) is 0 Å². The van der Waals surface area contributed by atoms with Crippen molar-refractivity contribution in [2.75, 3.05) is 20.3 Å². The van der Waals surface area contributed by atoms with Crippen LogP contribution in [-0.2, 0) is 14.8 Å². The molecule has 1 saturated heterocycles. The van der Waals surface area contributed by atoms with Crippen molar-refractivity contribution in [2.24, 2.45) is 0 Å². The van der Waals surface area contributed by atoms with Gasteiger partial charge in [0.25, 0.3) is 0 Å². The number of sulfonamides is 1. The predicted octanol–water partition coefficient (Wildman–Crippen LogP) is 1.07. The molecule has 1 aromatic rings. The van der Waals surface area contributed by atoms with Gasteiger partial charge in [0.05, 0.1) is 12.6 Å². The number of rotatable bonds is 4. The monoisotopic (exact) mass is 321 g/mol. The number of hydrogen-bond donors (Lipinski definition) is 1. The van der Waals surface area contributed by atoms with Crippen LogP contribution in [0.1, 0.15) is 16.8 Å². The number of carboxylic acid groups (broad SMARTS) is 1. The summed E-state index contributed by atoms with van der Waals surface area (Å²) >= 11 is 0. The fourth-order valence-electron chi connectivity index (χ4n) is 2.09. The Morgan fingerprint density at radius 1 is 1.43 bits per heavy atom. The van der Waals surface area contributed by atoms with Gasteiger partial charge in [-0.05, 0) is 18.6 Å². The molecular formula is C12H13F2NO5S. The number of carboxylic acids is 1. The third-order valence-corrected chi connectivity index (χ3v) is 5.27. The van der Waals surface area contributed by atoms with E-state index in [9.17, 15) is 22.0 Å². The lowest BCUT2D eigenvalue weighted by Gasteiger charge is -2.23. The number of nitrogens with zero attached hydrogens (tertiary/aromatic N) is 1. The van der Waals surface area contributed by atoms with Crippen LogP contribution in [0.3, 0.4) is 0 Å². The van der Waals surface area contributed by atoms with Gasteiger partial charge in [-0.1, -0.05) is 0 Å². The van der Waals surface area contributed by atoms with Gasteiger partial charge in [0.15, 0.2) is 5.82 Å². The maximum atomic E-state index is 14.1. The molecule has 1 fully saturated rings. The summed E-state index contributed by atoms with van der Waals surface area (Å²) < 4.78 is 58.1. The van der Waals surface area contributed by atoms with Gasteiger partial charge in [-0.3, -0.25) is 0 Å². The third kappa shape index (κ3) is 2.76. The summed E-state index contributed by atoms with van der Waals surface area (Å²) in [5.74, 6) is -4.80. The Morgan fingerprint density at radius 3 is 2.62 bits per heavy atom. The van der Waals surface area contributed by atoms with Crippen molar-refractivity contribution in [2.45, 2.75) is 17.4 Å². The Kier molecular flexibility index (Phi) is 4.26. The number of likely N-dealkylation sites (N-methyl/N-ethyl adjacent to an activating group) is 1. The Labute approximate surface area is 120 Å². The van der Waals surface area contributed by atoms with E-state index in [2.05, 4.69) is 0 Å². The average molecular weight is 321 g/mol. The average Bonchev–Trinajstić information content (AvgIpc) is 2.90. The van der Waals surface area contributed by atoms with Gasteiger partial charge in [0.2, 0.25) is 10.0 Å². The van der Waals surface area contributed by atoms with Crippen molar-refractivity contribution in [3.63, 3.8) is 0 Å². The van der Waals surface area contributed by atoms with Crippen molar-refractivity contribution >= 4 is 16.0 Å². The first-order valence-corrected chi connectivity index (χ1v) is 7.48. The number of carbonyl (C=O) groups is 1. The van der Waals surface area contributed by atoms with Crippen molar-refractivity contribution in [1.29, 1.82) is 0 Å². The quantitative estimate of drug-likeness (QED) is 0.897. The summed E-state index contributed by atoms with van der Waals surface area (Å²) in [5.41, 5.74) is -1.29. The van der Waals surface area contributed by atoms with Crippen molar-refractivity contribution in [3.05, 3.63) is 29.3 Å². The van der Waals surface area contributed by atoms with Crippen molar-refractivity contribution < 1.29 is 31.8 Å². The fourth-order valence-corrected chi connectivity index (χ4v) is 3.53. The molecular weight excluding hydrogens is 308 g/mol. The van der Waals surface area contributed by atoms with Crippen LogP contribution in [0, 0.1) is 11.6 Å². The zero-order valence-corrected chi connectivity index (χ0v) is 11.9. The maximum Gasteiger partial charge on any atom is 0.341 e. The van der Waals surface area contributed by atoms with Crippen molar-refractivity contribution in [3.8, 4) is 0 Å². The number of hydrogen-bond acceptors (Lipinski definition) is 4. The van der Waals surface area contributed by atoms with E-state index in [0.717, 1.165) is 10.4 Å². The molecule has 1 aromatic carbocycles. The summed E-state index contributed by atoms with van der Waals surface area (Å²) in [6, 6.07) is 0.879. The second-order valence-electron chi connectivity index (χ2n) is 4.58. The molecule has 0 aliphatic carbocycles. The molecule has 1 heterocycles. The maximum absolute atomic E-state index is 14.1. The van der Waals surface area contributed by atoms with Crippen LogP contribution in [0.15, 0.2) is 17.0 Å². The minimum atomic E-state index is -4.28. The first-order valence-electron chi connectivity index (χ1n) is 6.04. The topological polar surface area (TPSA) is 83.9 Å². The lowest BCUT2D eigenvalue weighted by molar-refractivity contribution is 0.0685. The summed E-state index contributed by atoms with van der Waals surface area (Å²) in [6.45, 7) is 0.557. The minimum Gasteiger partial charge on any atom is -0.477 e. The zero-order valence-electron chi connectivity index (χ0n) is 11.0. The molecule has 1 aliphatic rings. The highest BCUT2D eigenvalue weighted by atomic mass is 32.2. The van der Waals surface area contributed by atoms with Gasteiger partial charge in [0, 0.05) is 13.7 Å². The normalized spacial score (nSPS) is 19.1. The van der Waals surface area contributed by atoms with Gasteiger partial charge < -0.3 is 9.84 Å². The first-order chi connectivity index (χ1) is 9.76. The SMILES string of the molecule is CN(C1CCOC1)S(=O)(=O)c1ccc(F)c(C(=O)O)c1F. The molecule has 116 valence electrons. The van der Waals surface area contributed by atoms with Gasteiger partial charge >= 0.3 is 5.97 Å². The Bertz CT molecular complexity index is 670. The molecule has 6 nitrogen and oxygen atoms in total. The summed E-state index contributed by atoms with van der Waals surface area (Å²) in [7, 11) is -3.03. The van der Waals surface area contributed by atoms with Crippen LogP contribution >= 0.6 is 0 Å². The predicted molar refractivity (Wildman–Crippen MR) is 67.5 cm³/mol. The molecule has 0 aromatic heterocycles. The van der Waals surface area contributed by atoms with Crippen LogP contribution in [0.25, 0.3) is 0 Å². The Morgan fingerprint density at radius 2 is 2.10 bits per heavy atom. The Balaban J connectivity index is 2.50. The van der Waals surface area contributed by atoms with E-state index >= 15 is 0 Å². The molecule has 21 heavy (non-hydrogen) atoms. The van der Waals surface area contributed by atoms with E-state index in [1.807, 2.05) is 0 Å². The summed E-state index contributed by atoms with van der Waals surface area (Å²) in [5, 5.41) is 8.78. The smallest absolute Gasteiger partial charge is 0.341 e. The van der Waals surface area contributed by atoms with Crippen LogP contribution in [0.2, 0.25) is 0 Å². The minimum absolute atomic E-state index is 0.171. The first kappa shape index (κ1) is 15.8. The molecule has 1 atom stereocenters. The van der Waals surface area contributed by atoms with E-state index < -0.39 is 44.1 Å². The highest BCUT2D eigenvalue weighted by Crippen LogP contribution is 2.26. The molecule has 0 saturated carbocycles. The van der Waals surface area contributed by atoms with E-state index in [1.54, 1.807) is 0 Å². The number of aromatic carboxylic acids is 1. The molecule has 0 radical (unpaired) electrons. The summed E-state index contributed by atoms with van der Waals surface area (Å²) in [6.07, 6.45) is 0.449. The van der Waals surface area contributed by atoms with E-state index in [-0.39, 0.29) is 6.61 Å². The summed E-state index contributed by atoms with van der Waals surface area (Å²) in [4.78, 5) is 9.97. The highest BCUT2D eigenvalue weighted by molar-refractivity contribution is 7.89. The zero-order chi connectivity index (χ0) is 15.8. The van der Waals surface area contributed by atoms with Crippen molar-refractivity contribution in [1.82, 2.24) is 4.31 Å². The van der Waals surface area contributed by atoms with Crippen LogP contribution in [-0.4, -0.2) is 50.1 Å². The van der Waals surface area contributed by atoms with Gasteiger partial charge in [0.1, 0.15) is 16.3 Å². The lowest BCUT2D eigenvalue weighted by atomic mass is 10.2. The molecule has 1 aliphatic heterocycles. The molecule has 1 unspecified atom stereocenters. The fraction of sp³-hybridized carbons (Fsp3) is 0.417. The molecule has 0 amide bonds. The van der Waals surface area contributed by atoms with E-state index in [0.29, 0.717) is 19.1 Å². The molecule has 2 rings (SSSR count). The Hall–Kier alpha value is -1.58. The third-order valence-electron chi connectivity index (χ3n) is 3.35. The van der Waals surface area contributed by atoms with E-state index in [4.69, 9.17) is 9.84 Å². The van der Waals surface area contributed by atoms with Crippen LogP contribution in [0.5, 0.6) is 0 Å². The largest absolute Gasteiger partial charge is 0.477 e. The standard InChI is InChI=1S/C12H13F2NO5S/c1-15(7-4-5-20-6-7)21(18,19)9-3-2-8(13)10(11(9)14)12(16)17/h2-3,7H,4-6H2,1H3,(H,16,17). The second kappa shape index (κ2) is 5.66. The number of ether oxygens (including phenoxy) is 1. The van der Waals surface area contributed by atoms with Crippen LogP contribution in [0.4, 0.5) is 8.78 Å². The molecule has 0 spiro atoms. The number of halogens is 2. The molecule has 1 N–H and O–H groups in total. The van der Waals surface area contributed by atoms with Gasteiger partial charge in [-0.2, -0.15) is 4.31 Å². The van der Waals surface area contributed by atoms with Crippen LogP contribution < -0.4 is 0 Å². The van der Waals surface area contributed by atoms with Gasteiger partial charge in [-0.25, -0.2) is 22.0 Å². The molecule has 9 heteroatoms. The number of benzene rings is 1. The highest BCUT2D eigenvalue weighted by Gasteiger charge is 2.34. The molecule has 0 bridgehead atoms. The second-order valence-corrected chi connectivity index (χ2v) is 6.54. The lowest BCUT2D eigenvalue weighted by Crippen LogP contribution is -2.37. The van der Waals surface area contributed by atoms with E-state index in [1.165, 1.54) is 7.05 Å².